The van der Waals surface area contributed by atoms with Crippen molar-refractivity contribution < 1.29 is 9.21 Å². The topological polar surface area (TPSA) is 60.9 Å². The summed E-state index contributed by atoms with van der Waals surface area (Å²) in [7, 11) is 0. The summed E-state index contributed by atoms with van der Waals surface area (Å²) in [5.74, 6) is 1.25. The van der Waals surface area contributed by atoms with Gasteiger partial charge in [0, 0.05) is 0 Å². The van der Waals surface area contributed by atoms with Crippen molar-refractivity contribution in [1.82, 2.24) is 14.5 Å². The van der Waals surface area contributed by atoms with Gasteiger partial charge in [-0.25, -0.2) is 0 Å². The average molecular weight is 379 g/mol. The summed E-state index contributed by atoms with van der Waals surface area (Å²) >= 11 is 1.53. The predicted octanol–water partition coefficient (Wildman–Crippen LogP) is 3.05. The van der Waals surface area contributed by atoms with Crippen molar-refractivity contribution in [3.8, 4) is 0 Å². The molecule has 0 spiro atoms. The first-order chi connectivity index (χ1) is 13.0. The summed E-state index contributed by atoms with van der Waals surface area (Å²) in [4.78, 5) is 21.3. The molecule has 2 aromatic heterocycles. The molecule has 0 aliphatic rings. The van der Waals surface area contributed by atoms with E-state index in [-0.39, 0.29) is 5.78 Å². The number of Topliss-reactive ketones (excluding diaryl/α,β-unsaturated/α-hetero) is 1. The van der Waals surface area contributed by atoms with Crippen LogP contribution in [0.15, 0.2) is 40.1 Å². The molecular formula is C20H22BN3O2S. The second kappa shape index (κ2) is 8.52. The van der Waals surface area contributed by atoms with Crippen molar-refractivity contribution in [2.24, 2.45) is 0 Å². The Morgan fingerprint density at radius 1 is 1.37 bits per heavy atom. The molecule has 0 aliphatic heterocycles. The van der Waals surface area contributed by atoms with Crippen LogP contribution in [-0.4, -0.2) is 33.7 Å². The summed E-state index contributed by atoms with van der Waals surface area (Å²) in [6, 6.07) is 8.12. The molecule has 3 aromatic rings. The van der Waals surface area contributed by atoms with E-state index in [4.69, 9.17) is 4.42 Å². The maximum absolute atomic E-state index is 12.2. The molecule has 0 atom stereocenters. The Bertz CT molecular complexity index is 978. The van der Waals surface area contributed by atoms with Crippen LogP contribution in [0.5, 0.6) is 0 Å². The normalized spacial score (nSPS) is 10.8. The zero-order valence-corrected chi connectivity index (χ0v) is 16.7. The minimum absolute atomic E-state index is 0.0103. The van der Waals surface area contributed by atoms with Gasteiger partial charge in [-0.1, -0.05) is 6.92 Å². The Kier molecular flexibility index (Phi) is 6.11. The van der Waals surface area contributed by atoms with Gasteiger partial charge in [-0.15, -0.1) is 0 Å². The van der Waals surface area contributed by atoms with E-state index in [1.807, 2.05) is 43.5 Å². The number of carbonyl (C=O) groups excluding carboxylic acids is 1. The SMILES string of the molecule is C=Bc1cccc(Cn2c(SCc3nc(CC)co3)nc(C)c2C(C)=O)c1. The van der Waals surface area contributed by atoms with Crippen molar-refractivity contribution in [2.75, 3.05) is 0 Å². The first kappa shape index (κ1) is 19.4. The molecule has 5 nitrogen and oxygen atoms in total. The van der Waals surface area contributed by atoms with E-state index in [1.54, 1.807) is 13.2 Å². The van der Waals surface area contributed by atoms with E-state index in [0.717, 1.165) is 34.0 Å². The molecule has 138 valence electrons. The van der Waals surface area contributed by atoms with Gasteiger partial charge in [0.1, 0.15) is 0 Å². The predicted molar refractivity (Wildman–Crippen MR) is 110 cm³/mol. The molecule has 0 saturated carbocycles. The Hall–Kier alpha value is -2.41. The van der Waals surface area contributed by atoms with Gasteiger partial charge in [-0.2, -0.15) is 0 Å². The quantitative estimate of drug-likeness (QED) is 0.342. The first-order valence-electron chi connectivity index (χ1n) is 8.87. The third-order valence-electron chi connectivity index (χ3n) is 4.25. The number of nitrogens with zero attached hydrogens (tertiary/aromatic N) is 3. The minimum atomic E-state index is 0.0103. The fourth-order valence-corrected chi connectivity index (χ4v) is 3.85. The van der Waals surface area contributed by atoms with E-state index in [0.29, 0.717) is 23.9 Å². The number of aromatic nitrogens is 3. The third-order valence-corrected chi connectivity index (χ3v) is 5.22. The molecule has 2 heterocycles. The number of rotatable bonds is 8. The summed E-state index contributed by atoms with van der Waals surface area (Å²) in [6.45, 7) is 11.7. The standard InChI is InChI=1S/C20H22BN3O2S/c1-5-17-11-26-18(23-17)12-27-20-22-13(2)19(14(3)25)24(20)10-15-7-6-8-16(9-15)21-4/h6-9,11H,4-5,10,12H2,1-3H3. The number of aryl methyl sites for hydroxylation is 2. The summed E-state index contributed by atoms with van der Waals surface area (Å²) in [5.41, 5.74) is 4.47. The van der Waals surface area contributed by atoms with E-state index in [1.165, 1.54) is 11.8 Å². The number of imidazole rings is 1. The Balaban J connectivity index is 1.89. The summed E-state index contributed by atoms with van der Waals surface area (Å²) in [6.07, 6.45) is 2.53. The van der Waals surface area contributed by atoms with E-state index < -0.39 is 0 Å². The number of benzene rings is 1. The fourth-order valence-electron chi connectivity index (χ4n) is 2.95. The summed E-state index contributed by atoms with van der Waals surface area (Å²) < 4.78 is 7.48. The number of carbonyl (C=O) groups is 1. The van der Waals surface area contributed by atoms with Crippen LogP contribution in [0.25, 0.3) is 0 Å². The second-order valence-electron chi connectivity index (χ2n) is 6.29. The van der Waals surface area contributed by atoms with Crippen molar-refractivity contribution in [3.05, 3.63) is 59.1 Å². The molecule has 0 fully saturated rings. The van der Waals surface area contributed by atoms with Gasteiger partial charge in [-0.05, 0) is 0 Å². The van der Waals surface area contributed by atoms with Gasteiger partial charge in [0.25, 0.3) is 0 Å². The molecule has 7 heteroatoms. The molecule has 27 heavy (non-hydrogen) atoms. The van der Waals surface area contributed by atoms with Gasteiger partial charge in [0.05, 0.1) is 0 Å². The fraction of sp³-hybridized carbons (Fsp3) is 0.300. The molecular weight excluding hydrogens is 357 g/mol. The van der Waals surface area contributed by atoms with Crippen molar-refractivity contribution in [1.29, 1.82) is 0 Å². The molecule has 0 amide bonds. The molecule has 0 bridgehead atoms. The maximum atomic E-state index is 12.2. The Labute approximate surface area is 164 Å². The summed E-state index contributed by atoms with van der Waals surface area (Å²) in [5, 5.41) is 0.790. The van der Waals surface area contributed by atoms with Gasteiger partial charge in [0.2, 0.25) is 0 Å². The Morgan fingerprint density at radius 3 is 2.85 bits per heavy atom. The van der Waals surface area contributed by atoms with Gasteiger partial charge >= 0.3 is 157 Å². The molecule has 0 saturated heterocycles. The van der Waals surface area contributed by atoms with E-state index in [2.05, 4.69) is 22.5 Å². The van der Waals surface area contributed by atoms with E-state index in [9.17, 15) is 4.79 Å². The van der Waals surface area contributed by atoms with Gasteiger partial charge in [0.15, 0.2) is 0 Å². The molecule has 3 rings (SSSR count). The zero-order valence-electron chi connectivity index (χ0n) is 15.9. The van der Waals surface area contributed by atoms with Crippen molar-refractivity contribution >= 4 is 36.4 Å². The number of oxazole rings is 1. The van der Waals surface area contributed by atoms with Crippen LogP contribution in [-0.2, 0) is 18.7 Å². The van der Waals surface area contributed by atoms with Crippen LogP contribution < -0.4 is 5.46 Å². The van der Waals surface area contributed by atoms with Gasteiger partial charge < -0.3 is 0 Å². The molecule has 1 aromatic carbocycles. The number of hydrogen-bond acceptors (Lipinski definition) is 5. The molecule has 0 unspecified atom stereocenters. The number of hydrogen-bond donors (Lipinski definition) is 0. The van der Waals surface area contributed by atoms with Crippen LogP contribution in [0.1, 0.15) is 47.2 Å². The zero-order chi connectivity index (χ0) is 19.4. The van der Waals surface area contributed by atoms with Crippen LogP contribution >= 0.6 is 11.8 Å². The van der Waals surface area contributed by atoms with Crippen molar-refractivity contribution in [3.63, 3.8) is 0 Å². The monoisotopic (exact) mass is 379 g/mol. The number of thioether (sulfide) groups is 1. The van der Waals surface area contributed by atoms with E-state index >= 15 is 0 Å². The molecule has 0 aliphatic carbocycles. The van der Waals surface area contributed by atoms with Crippen molar-refractivity contribution in [2.45, 2.75) is 44.6 Å². The third kappa shape index (κ3) is 4.47. The number of ketones is 1. The first-order valence-corrected chi connectivity index (χ1v) is 9.85. The van der Waals surface area contributed by atoms with Crippen LogP contribution in [0, 0.1) is 6.92 Å². The molecule has 0 radical (unpaired) electrons. The van der Waals surface area contributed by atoms with Crippen LogP contribution in [0.3, 0.4) is 0 Å². The van der Waals surface area contributed by atoms with Gasteiger partial charge in [-0.3, -0.25) is 0 Å². The molecule has 0 N–H and O–H groups in total. The average Bonchev–Trinajstić information content (AvgIpc) is 3.24. The Morgan fingerprint density at radius 2 is 2.19 bits per heavy atom. The second-order valence-corrected chi connectivity index (χ2v) is 7.24. The van der Waals surface area contributed by atoms with Crippen LogP contribution in [0.2, 0.25) is 0 Å². The van der Waals surface area contributed by atoms with Crippen LogP contribution in [0.4, 0.5) is 0 Å².